The molecular weight excluding hydrogens is 596 g/mol. The minimum atomic E-state index is -4.18. The highest BCUT2D eigenvalue weighted by atomic mass is 32.2. The predicted octanol–water partition coefficient (Wildman–Crippen LogP) is 4.30. The van der Waals surface area contributed by atoms with Crippen LogP contribution in [-0.2, 0) is 26.0 Å². The van der Waals surface area contributed by atoms with E-state index in [0.29, 0.717) is 23.3 Å². The number of aliphatic carboxylic acids is 1. The van der Waals surface area contributed by atoms with Gasteiger partial charge in [-0.3, -0.25) is 0 Å². The van der Waals surface area contributed by atoms with Gasteiger partial charge in [0.1, 0.15) is 24.0 Å². The molecule has 1 amide bonds. The van der Waals surface area contributed by atoms with Crippen molar-refractivity contribution in [3.8, 4) is 16.9 Å². The lowest BCUT2D eigenvalue weighted by Crippen LogP contribution is -2.45. The predicted molar refractivity (Wildman–Crippen MR) is 170 cm³/mol. The van der Waals surface area contributed by atoms with Crippen molar-refractivity contribution < 1.29 is 32.6 Å². The largest absolute Gasteiger partial charge is 0.487 e. The van der Waals surface area contributed by atoms with Crippen LogP contribution in [0.2, 0.25) is 0 Å². The Morgan fingerprint density at radius 1 is 1.04 bits per heavy atom. The van der Waals surface area contributed by atoms with E-state index in [0.717, 1.165) is 39.8 Å². The molecule has 5 N–H and O–H groups in total. The number of amides is 1. The van der Waals surface area contributed by atoms with Gasteiger partial charge in [-0.05, 0) is 92.0 Å². The van der Waals surface area contributed by atoms with E-state index in [4.69, 9.17) is 15.2 Å². The van der Waals surface area contributed by atoms with Gasteiger partial charge in [0, 0.05) is 5.92 Å². The van der Waals surface area contributed by atoms with Gasteiger partial charge in [-0.25, -0.2) is 27.7 Å². The molecule has 2 aliphatic rings. The minimum absolute atomic E-state index is 0.00115. The number of carbonyl (C=O) groups is 2. The van der Waals surface area contributed by atoms with Crippen molar-refractivity contribution >= 4 is 28.0 Å². The Labute approximate surface area is 262 Å². The number of carboxylic acid groups (broad SMARTS) is 1. The summed E-state index contributed by atoms with van der Waals surface area (Å²) < 4.78 is 40.8. The van der Waals surface area contributed by atoms with E-state index < -0.39 is 40.6 Å². The van der Waals surface area contributed by atoms with Gasteiger partial charge in [0.2, 0.25) is 5.96 Å². The zero-order chi connectivity index (χ0) is 32.7. The SMILES string of the molecule is Cc1c(C)c(S(=O)(=O)NC(N)=NC[C@H](NC(=O)OCC2c3ccccc3-c3ccccc32)C(=O)O)c(C)c2c1OC(C)(C)CC2. The molecule has 3 aromatic carbocycles. The van der Waals surface area contributed by atoms with Gasteiger partial charge in [0.15, 0.2) is 0 Å². The molecule has 45 heavy (non-hydrogen) atoms. The van der Waals surface area contributed by atoms with E-state index >= 15 is 0 Å². The maximum atomic E-state index is 13.5. The Kier molecular flexibility index (Phi) is 8.54. The number of guanidine groups is 1. The van der Waals surface area contributed by atoms with E-state index in [1.807, 2.05) is 69.3 Å². The number of carboxylic acids is 1. The molecule has 238 valence electrons. The number of nitrogens with zero attached hydrogens (tertiary/aromatic N) is 1. The molecule has 0 radical (unpaired) electrons. The highest BCUT2D eigenvalue weighted by molar-refractivity contribution is 7.90. The topological polar surface area (TPSA) is 169 Å². The number of ether oxygens (including phenoxy) is 2. The lowest BCUT2D eigenvalue weighted by atomic mass is 9.88. The molecule has 5 rings (SSSR count). The van der Waals surface area contributed by atoms with Gasteiger partial charge in [-0.1, -0.05) is 48.5 Å². The monoisotopic (exact) mass is 634 g/mol. The lowest BCUT2D eigenvalue weighted by molar-refractivity contribution is -0.139. The van der Waals surface area contributed by atoms with Crippen LogP contribution in [0.5, 0.6) is 5.75 Å². The molecule has 1 aliphatic heterocycles. The van der Waals surface area contributed by atoms with Crippen molar-refractivity contribution in [2.24, 2.45) is 10.7 Å². The molecule has 1 atom stereocenters. The smallest absolute Gasteiger partial charge is 0.407 e. The summed E-state index contributed by atoms with van der Waals surface area (Å²) in [5.74, 6) is -1.40. The molecule has 11 nitrogen and oxygen atoms in total. The molecule has 0 spiro atoms. The van der Waals surface area contributed by atoms with Gasteiger partial charge in [-0.15, -0.1) is 0 Å². The molecule has 1 heterocycles. The molecule has 0 bridgehead atoms. The van der Waals surface area contributed by atoms with Crippen LogP contribution >= 0.6 is 0 Å². The van der Waals surface area contributed by atoms with Gasteiger partial charge < -0.3 is 25.6 Å². The third kappa shape index (κ3) is 6.32. The third-order valence-corrected chi connectivity index (χ3v) is 10.2. The lowest BCUT2D eigenvalue weighted by Gasteiger charge is -2.35. The maximum absolute atomic E-state index is 13.5. The fourth-order valence-electron chi connectivity index (χ4n) is 6.13. The number of nitrogens with two attached hydrogens (primary N) is 1. The highest BCUT2D eigenvalue weighted by Gasteiger charge is 2.34. The van der Waals surface area contributed by atoms with Crippen molar-refractivity contribution in [2.75, 3.05) is 13.2 Å². The molecule has 0 saturated heterocycles. The first kappa shape index (κ1) is 31.8. The van der Waals surface area contributed by atoms with Crippen LogP contribution in [0.1, 0.15) is 59.6 Å². The molecule has 0 saturated carbocycles. The molecular formula is C33H38N4O7S. The summed E-state index contributed by atoms with van der Waals surface area (Å²) in [4.78, 5) is 28.6. The van der Waals surface area contributed by atoms with E-state index in [1.54, 1.807) is 13.8 Å². The first-order valence-corrected chi connectivity index (χ1v) is 16.2. The van der Waals surface area contributed by atoms with Crippen LogP contribution in [0.15, 0.2) is 58.4 Å². The second-order valence-corrected chi connectivity index (χ2v) is 13.7. The molecule has 0 unspecified atom stereocenters. The van der Waals surface area contributed by atoms with Gasteiger partial charge >= 0.3 is 12.1 Å². The molecule has 0 fully saturated rings. The van der Waals surface area contributed by atoms with Crippen LogP contribution in [0.3, 0.4) is 0 Å². The van der Waals surface area contributed by atoms with Crippen molar-refractivity contribution in [3.05, 3.63) is 81.9 Å². The number of sulfonamides is 1. The number of rotatable bonds is 8. The van der Waals surface area contributed by atoms with Crippen molar-refractivity contribution in [2.45, 2.75) is 69.9 Å². The summed E-state index contributed by atoms with van der Waals surface area (Å²) in [7, 11) is -4.18. The Hall–Kier alpha value is -4.58. The zero-order valence-electron chi connectivity index (χ0n) is 25.9. The Morgan fingerprint density at radius 2 is 1.64 bits per heavy atom. The number of benzene rings is 3. The van der Waals surface area contributed by atoms with Crippen molar-refractivity contribution in [3.63, 3.8) is 0 Å². The van der Waals surface area contributed by atoms with Crippen molar-refractivity contribution in [1.29, 1.82) is 0 Å². The van der Waals surface area contributed by atoms with Crippen LogP contribution in [0.25, 0.3) is 11.1 Å². The number of carbonyl (C=O) groups excluding carboxylic acids is 1. The highest BCUT2D eigenvalue weighted by Crippen LogP contribution is 2.45. The number of fused-ring (bicyclic) bond motifs is 4. The summed E-state index contributed by atoms with van der Waals surface area (Å²) in [5.41, 5.74) is 12.3. The third-order valence-electron chi connectivity index (χ3n) is 8.55. The second kappa shape index (κ2) is 12.1. The normalized spacial score (nSPS) is 16.1. The quantitative estimate of drug-likeness (QED) is 0.210. The molecule has 12 heteroatoms. The summed E-state index contributed by atoms with van der Waals surface area (Å²) in [5, 5.41) is 12.0. The summed E-state index contributed by atoms with van der Waals surface area (Å²) >= 11 is 0. The Balaban J connectivity index is 1.25. The standard InChI is InChI=1S/C33H38N4O7S/c1-18-19(2)29(20(3)21-14-15-33(4,5)44-28(18)21)45(41,42)37-31(34)35-16-27(30(38)39)36-32(40)43-17-26-24-12-8-6-10-22(24)23-11-7-9-13-25(23)26/h6-13,26-27H,14-17H2,1-5H3,(H,36,40)(H,38,39)(H3,34,35,37)/t27-/m0/s1. The number of aliphatic imine (C=N–C) groups is 1. The molecule has 3 aromatic rings. The fourth-order valence-corrected chi connectivity index (χ4v) is 7.65. The summed E-state index contributed by atoms with van der Waals surface area (Å²) in [6, 6.07) is 14.2. The Bertz CT molecular complexity index is 1770. The average Bonchev–Trinajstić information content (AvgIpc) is 3.29. The van der Waals surface area contributed by atoms with E-state index in [1.165, 1.54) is 0 Å². The average molecular weight is 635 g/mol. The molecule has 1 aliphatic carbocycles. The van der Waals surface area contributed by atoms with Crippen LogP contribution in [0.4, 0.5) is 4.79 Å². The van der Waals surface area contributed by atoms with Gasteiger partial charge in [-0.2, -0.15) is 0 Å². The Morgan fingerprint density at radius 3 is 2.24 bits per heavy atom. The zero-order valence-corrected chi connectivity index (χ0v) is 26.7. The van der Waals surface area contributed by atoms with E-state index in [-0.39, 0.29) is 23.0 Å². The summed E-state index contributed by atoms with van der Waals surface area (Å²) in [6.45, 7) is 8.71. The van der Waals surface area contributed by atoms with Gasteiger partial charge in [0.25, 0.3) is 10.0 Å². The fraction of sp³-hybridized carbons (Fsp3) is 0.364. The number of alkyl carbamates (subject to hydrolysis) is 1. The minimum Gasteiger partial charge on any atom is -0.487 e. The van der Waals surface area contributed by atoms with Crippen LogP contribution < -0.4 is 20.5 Å². The van der Waals surface area contributed by atoms with Crippen molar-refractivity contribution in [1.82, 2.24) is 10.0 Å². The number of nitrogens with one attached hydrogen (secondary N) is 2. The van der Waals surface area contributed by atoms with Crippen LogP contribution in [0, 0.1) is 20.8 Å². The first-order valence-electron chi connectivity index (χ1n) is 14.7. The van der Waals surface area contributed by atoms with E-state index in [2.05, 4.69) is 15.0 Å². The second-order valence-electron chi connectivity index (χ2n) is 12.1. The first-order chi connectivity index (χ1) is 21.2. The van der Waals surface area contributed by atoms with Crippen LogP contribution in [-0.4, -0.2) is 56.3 Å². The van der Waals surface area contributed by atoms with E-state index in [9.17, 15) is 23.1 Å². The molecule has 0 aromatic heterocycles. The summed E-state index contributed by atoms with van der Waals surface area (Å²) in [6.07, 6.45) is 0.441. The van der Waals surface area contributed by atoms with Gasteiger partial charge in [0.05, 0.1) is 11.4 Å². The number of hydrogen-bond donors (Lipinski definition) is 4. The number of hydrogen-bond acceptors (Lipinski definition) is 7. The maximum Gasteiger partial charge on any atom is 0.407 e.